The second kappa shape index (κ2) is 3.65. The molecule has 0 N–H and O–H groups in total. The SMILES string of the molecule is CCC(C)c1c(Br)cc(C)n1C. The van der Waals surface area contributed by atoms with Crippen LogP contribution in [0.15, 0.2) is 10.5 Å². The maximum Gasteiger partial charge on any atom is 0.0390 e. The van der Waals surface area contributed by atoms with Crippen LogP contribution in [0.3, 0.4) is 0 Å². The van der Waals surface area contributed by atoms with Gasteiger partial charge in [-0.05, 0) is 41.3 Å². The standard InChI is InChI=1S/C10H16BrN/c1-5-7(2)10-9(11)6-8(3)12(10)4/h6-7H,5H2,1-4H3. The Balaban J connectivity index is 3.13. The zero-order valence-corrected chi connectivity index (χ0v) is 9.77. The van der Waals surface area contributed by atoms with Crippen molar-refractivity contribution in [2.75, 3.05) is 0 Å². The van der Waals surface area contributed by atoms with Gasteiger partial charge in [-0.25, -0.2) is 0 Å². The van der Waals surface area contributed by atoms with Crippen molar-refractivity contribution in [2.24, 2.45) is 7.05 Å². The van der Waals surface area contributed by atoms with Gasteiger partial charge < -0.3 is 4.57 Å². The van der Waals surface area contributed by atoms with Crippen molar-refractivity contribution in [1.82, 2.24) is 4.57 Å². The van der Waals surface area contributed by atoms with Crippen LogP contribution in [0.1, 0.15) is 37.6 Å². The highest BCUT2D eigenvalue weighted by Crippen LogP contribution is 2.29. The van der Waals surface area contributed by atoms with Crippen LogP contribution in [0.2, 0.25) is 0 Å². The Labute approximate surface area is 82.9 Å². The topological polar surface area (TPSA) is 4.93 Å². The summed E-state index contributed by atoms with van der Waals surface area (Å²) in [5, 5.41) is 0. The summed E-state index contributed by atoms with van der Waals surface area (Å²) >= 11 is 3.59. The molecule has 0 aromatic carbocycles. The first-order chi connectivity index (χ1) is 5.57. The van der Waals surface area contributed by atoms with Crippen molar-refractivity contribution in [2.45, 2.75) is 33.1 Å². The normalized spacial score (nSPS) is 13.4. The molecule has 2 heteroatoms. The van der Waals surface area contributed by atoms with Gasteiger partial charge in [0.15, 0.2) is 0 Å². The van der Waals surface area contributed by atoms with E-state index in [0.29, 0.717) is 5.92 Å². The van der Waals surface area contributed by atoms with Crippen LogP contribution in [0.5, 0.6) is 0 Å². The molecule has 0 aliphatic heterocycles. The molecular weight excluding hydrogens is 214 g/mol. The molecule has 1 rings (SSSR count). The van der Waals surface area contributed by atoms with Gasteiger partial charge in [-0.1, -0.05) is 13.8 Å². The third-order valence-corrected chi connectivity index (χ3v) is 3.19. The Morgan fingerprint density at radius 3 is 2.50 bits per heavy atom. The lowest BCUT2D eigenvalue weighted by Gasteiger charge is -2.12. The van der Waals surface area contributed by atoms with Crippen molar-refractivity contribution in [3.63, 3.8) is 0 Å². The first kappa shape index (κ1) is 9.85. The van der Waals surface area contributed by atoms with Gasteiger partial charge in [-0.15, -0.1) is 0 Å². The Morgan fingerprint density at radius 1 is 1.58 bits per heavy atom. The number of hydrogen-bond donors (Lipinski definition) is 0. The monoisotopic (exact) mass is 229 g/mol. The summed E-state index contributed by atoms with van der Waals surface area (Å²) in [6, 6.07) is 2.18. The summed E-state index contributed by atoms with van der Waals surface area (Å²) in [6.07, 6.45) is 1.19. The van der Waals surface area contributed by atoms with Crippen LogP contribution in [0.25, 0.3) is 0 Å². The number of halogens is 1. The second-order valence-corrected chi connectivity index (χ2v) is 4.24. The van der Waals surface area contributed by atoms with Gasteiger partial charge in [0, 0.05) is 22.9 Å². The van der Waals surface area contributed by atoms with Crippen LogP contribution < -0.4 is 0 Å². The molecule has 0 spiro atoms. The number of aromatic nitrogens is 1. The zero-order chi connectivity index (χ0) is 9.30. The lowest BCUT2D eigenvalue weighted by Crippen LogP contribution is -2.02. The molecule has 0 amide bonds. The Kier molecular flexibility index (Phi) is 2.99. The molecule has 0 saturated carbocycles. The lowest BCUT2D eigenvalue weighted by molar-refractivity contribution is 0.655. The molecule has 0 aliphatic rings. The molecule has 0 radical (unpaired) electrons. The average molecular weight is 230 g/mol. The lowest BCUT2D eigenvalue weighted by atomic mass is 10.1. The van der Waals surface area contributed by atoms with Crippen LogP contribution in [0.4, 0.5) is 0 Å². The van der Waals surface area contributed by atoms with Gasteiger partial charge >= 0.3 is 0 Å². The fraction of sp³-hybridized carbons (Fsp3) is 0.600. The van der Waals surface area contributed by atoms with E-state index < -0.39 is 0 Å². The molecule has 0 saturated heterocycles. The molecular formula is C10H16BrN. The molecule has 1 nitrogen and oxygen atoms in total. The van der Waals surface area contributed by atoms with Crippen LogP contribution >= 0.6 is 15.9 Å². The highest BCUT2D eigenvalue weighted by Gasteiger charge is 2.12. The van der Waals surface area contributed by atoms with Gasteiger partial charge in [0.05, 0.1) is 0 Å². The highest BCUT2D eigenvalue weighted by atomic mass is 79.9. The first-order valence-corrected chi connectivity index (χ1v) is 5.19. The molecule has 68 valence electrons. The number of nitrogens with zero attached hydrogens (tertiary/aromatic N) is 1. The van der Waals surface area contributed by atoms with Gasteiger partial charge in [-0.2, -0.15) is 0 Å². The minimum Gasteiger partial charge on any atom is -0.351 e. The third kappa shape index (κ3) is 1.58. The summed E-state index contributed by atoms with van der Waals surface area (Å²) in [4.78, 5) is 0. The van der Waals surface area contributed by atoms with E-state index in [1.165, 1.54) is 22.3 Å². The Morgan fingerprint density at radius 2 is 2.17 bits per heavy atom. The maximum atomic E-state index is 3.59. The molecule has 1 aromatic heterocycles. The van der Waals surface area contributed by atoms with E-state index in [1.807, 2.05) is 0 Å². The highest BCUT2D eigenvalue weighted by molar-refractivity contribution is 9.10. The largest absolute Gasteiger partial charge is 0.351 e. The number of hydrogen-bond acceptors (Lipinski definition) is 0. The van der Waals surface area contributed by atoms with Crippen molar-refractivity contribution in [3.8, 4) is 0 Å². The van der Waals surface area contributed by atoms with E-state index in [-0.39, 0.29) is 0 Å². The van der Waals surface area contributed by atoms with E-state index in [1.54, 1.807) is 0 Å². The quantitative estimate of drug-likeness (QED) is 0.731. The summed E-state index contributed by atoms with van der Waals surface area (Å²) in [5.41, 5.74) is 2.73. The minimum atomic E-state index is 0.637. The smallest absolute Gasteiger partial charge is 0.0390 e. The summed E-state index contributed by atoms with van der Waals surface area (Å²) in [7, 11) is 2.13. The van der Waals surface area contributed by atoms with E-state index >= 15 is 0 Å². The summed E-state index contributed by atoms with van der Waals surface area (Å²) in [6.45, 7) is 6.62. The van der Waals surface area contributed by atoms with Crippen molar-refractivity contribution in [3.05, 3.63) is 21.9 Å². The predicted octanol–water partition coefficient (Wildman–Crippen LogP) is 3.61. The molecule has 0 bridgehead atoms. The Hall–Kier alpha value is -0.240. The van der Waals surface area contributed by atoms with E-state index in [4.69, 9.17) is 0 Å². The Bertz CT molecular complexity index is 276. The summed E-state index contributed by atoms with van der Waals surface area (Å²) in [5.74, 6) is 0.637. The second-order valence-electron chi connectivity index (χ2n) is 3.39. The van der Waals surface area contributed by atoms with Crippen molar-refractivity contribution in [1.29, 1.82) is 0 Å². The van der Waals surface area contributed by atoms with Gasteiger partial charge in [0.25, 0.3) is 0 Å². The van der Waals surface area contributed by atoms with Crippen LogP contribution in [-0.4, -0.2) is 4.57 Å². The molecule has 12 heavy (non-hydrogen) atoms. The van der Waals surface area contributed by atoms with E-state index in [9.17, 15) is 0 Å². The third-order valence-electron chi connectivity index (χ3n) is 2.55. The van der Waals surface area contributed by atoms with Crippen LogP contribution in [-0.2, 0) is 7.05 Å². The molecule has 1 unspecified atom stereocenters. The van der Waals surface area contributed by atoms with Crippen molar-refractivity contribution >= 4 is 15.9 Å². The molecule has 0 aliphatic carbocycles. The van der Waals surface area contributed by atoms with Gasteiger partial charge in [0.2, 0.25) is 0 Å². The average Bonchev–Trinajstić information content (AvgIpc) is 2.26. The minimum absolute atomic E-state index is 0.637. The fourth-order valence-corrected chi connectivity index (χ4v) is 2.45. The predicted molar refractivity (Wildman–Crippen MR) is 56.6 cm³/mol. The summed E-state index contributed by atoms with van der Waals surface area (Å²) < 4.78 is 3.51. The maximum absolute atomic E-state index is 3.59. The molecule has 1 heterocycles. The van der Waals surface area contributed by atoms with Crippen molar-refractivity contribution < 1.29 is 0 Å². The van der Waals surface area contributed by atoms with Gasteiger partial charge in [-0.3, -0.25) is 0 Å². The molecule has 1 aromatic rings. The van der Waals surface area contributed by atoms with E-state index in [2.05, 4.69) is 54.4 Å². The fourth-order valence-electron chi connectivity index (χ4n) is 1.46. The number of aryl methyl sites for hydroxylation is 1. The molecule has 0 fully saturated rings. The van der Waals surface area contributed by atoms with Gasteiger partial charge in [0.1, 0.15) is 0 Å². The van der Waals surface area contributed by atoms with Crippen LogP contribution in [0, 0.1) is 6.92 Å². The van der Waals surface area contributed by atoms with E-state index in [0.717, 1.165) is 0 Å². The first-order valence-electron chi connectivity index (χ1n) is 4.39. The zero-order valence-electron chi connectivity index (χ0n) is 8.19. The molecule has 1 atom stereocenters. The number of rotatable bonds is 2.